The van der Waals surface area contributed by atoms with Crippen LogP contribution >= 0.6 is 0 Å². The highest BCUT2D eigenvalue weighted by atomic mass is 28.4. The van der Waals surface area contributed by atoms with Gasteiger partial charge in [0.25, 0.3) is 0 Å². The first kappa shape index (κ1) is 96.0. The van der Waals surface area contributed by atoms with Crippen LogP contribution in [0.3, 0.4) is 0 Å². The van der Waals surface area contributed by atoms with Gasteiger partial charge in [-0.2, -0.15) is 0 Å². The first-order valence-corrected chi connectivity index (χ1v) is 53.5. The number of hydrogen-bond acceptors (Lipinski definition) is 16. The molecule has 118 heavy (non-hydrogen) atoms. The van der Waals surface area contributed by atoms with Gasteiger partial charge < -0.3 is 61.3 Å². The third kappa shape index (κ3) is 23.8. The van der Waals surface area contributed by atoms with Crippen molar-refractivity contribution in [1.29, 1.82) is 0 Å². The first-order chi connectivity index (χ1) is 55.5. The highest BCUT2D eigenvalue weighted by molar-refractivity contribution is 6.74. The summed E-state index contributed by atoms with van der Waals surface area (Å²) in [5.74, 6) is 3.92. The molecule has 5 unspecified atom stereocenters. The Labute approximate surface area is 717 Å². The third-order valence-corrected chi connectivity index (χ3v) is 41.7. The van der Waals surface area contributed by atoms with Crippen molar-refractivity contribution in [3.05, 3.63) is 72.9 Å². The number of Topliss-reactive ketones (excluding diaryl/α,β-unsaturated/α-hetero) is 2. The lowest BCUT2D eigenvalue weighted by Crippen LogP contribution is -2.58. The molecule has 16 heterocycles. The molecule has 18 heteroatoms. The second-order valence-electron chi connectivity index (χ2n) is 43.5. The van der Waals surface area contributed by atoms with E-state index in [1.54, 1.807) is 6.08 Å². The lowest BCUT2D eigenvalue weighted by molar-refractivity contribution is -0.237. The van der Waals surface area contributed by atoms with Crippen LogP contribution < -0.4 is 0 Å². The summed E-state index contributed by atoms with van der Waals surface area (Å²) in [5, 5.41) is 11.4. The van der Waals surface area contributed by atoms with Crippen LogP contribution in [0, 0.1) is 71.0 Å². The Bertz CT molecular complexity index is 3420. The van der Waals surface area contributed by atoms with Gasteiger partial charge in [-0.25, -0.2) is 0 Å². The van der Waals surface area contributed by atoms with Crippen molar-refractivity contribution in [1.82, 2.24) is 0 Å². The molecule has 16 aliphatic heterocycles. The minimum atomic E-state index is -2.23. The maximum absolute atomic E-state index is 14.2. The normalized spacial score (nSPS) is 43.8. The molecule has 16 nitrogen and oxygen atoms in total. The number of aliphatic hydroxyl groups excluding tert-OH is 1. The molecule has 1 N–H and O–H groups in total. The molecule has 16 aliphatic rings. The van der Waals surface area contributed by atoms with E-state index in [0.29, 0.717) is 68.6 Å². The van der Waals surface area contributed by atoms with Gasteiger partial charge in [0.15, 0.2) is 22.4 Å². The molecule has 0 radical (unpaired) electrons. The Morgan fingerprint density at radius 2 is 0.788 bits per heavy atom. The van der Waals surface area contributed by atoms with Crippen molar-refractivity contribution >= 4 is 34.0 Å². The quantitative estimate of drug-likeness (QED) is 0.161. The van der Waals surface area contributed by atoms with Gasteiger partial charge >= 0.3 is 0 Å². The van der Waals surface area contributed by atoms with Crippen molar-refractivity contribution in [2.45, 2.75) is 468 Å². The monoisotopic (exact) mass is 1680 g/mol. The van der Waals surface area contributed by atoms with Gasteiger partial charge in [-0.05, 0) is 245 Å². The van der Waals surface area contributed by atoms with E-state index in [9.17, 15) is 19.5 Å². The third-order valence-electron chi connectivity index (χ3n) is 32.7. The van der Waals surface area contributed by atoms with E-state index in [-0.39, 0.29) is 209 Å². The molecule has 16 rings (SSSR count). The zero-order valence-electron chi connectivity index (χ0n) is 77.8. The average Bonchev–Trinajstić information content (AvgIpc) is 1.21. The van der Waals surface area contributed by atoms with Crippen molar-refractivity contribution in [3.63, 3.8) is 0 Å². The number of ether oxygens (including phenoxy) is 10. The molecule has 0 aromatic carbocycles. The maximum atomic E-state index is 14.2. The number of carbonyl (C=O) groups is 3. The highest BCUT2D eigenvalue weighted by Gasteiger charge is 2.55. The number of hydrogen-bond donors (Lipinski definition) is 1. The standard InChI is InChI=1S/C50H84O8Si.C50H82O8Si/c2*1-14-29(2)23-45-35(8)41-27-37(52)26-40-19-22-43-48(55-40)33(6)34(7)49(57-43)44(58-59(12,13)50(9,10)11)20-16-36(51)15-17-38-25-31(4)42(53-38)21-18-39-24-30(3)32(5)46(54-39)28-47(41)56-45/h16,20,29-30,33-36,38-49,51H,4-5,14-15,17-19,21-28H2,1-3,6-13H3;16,20,29-30,33-35,38-49H,4-5,14-15,17-19,21-28H2,1-3,6-13H3/b2*20-16+/t29-,30-,33-,34+,35-,36?,38?,39+,40?,41-,42+,43+,44+,45-,46-,47+,48-,49-;29-,30-,33-,34+,35-,38?,39+,40?,41-,42+,43+,44+,45-,46-,47+,48-,49-/m11/s1. The molecule has 0 aromatic rings. The summed E-state index contributed by atoms with van der Waals surface area (Å²) in [7, 11) is -4.43. The smallest absolute Gasteiger partial charge is 0.193 e. The summed E-state index contributed by atoms with van der Waals surface area (Å²) >= 11 is 0. The Kier molecular flexibility index (Phi) is 33.3. The van der Waals surface area contributed by atoms with Crippen molar-refractivity contribution in [3.8, 4) is 0 Å². The van der Waals surface area contributed by atoms with Crippen LogP contribution in [-0.4, -0.2) is 179 Å². The Morgan fingerprint density at radius 1 is 0.415 bits per heavy atom. The van der Waals surface area contributed by atoms with E-state index in [4.69, 9.17) is 56.2 Å². The fraction of sp³-hybridized carbons (Fsp3) is 0.850. The molecule has 0 spiro atoms. The Balaban J connectivity index is 0.000000231. The predicted molar refractivity (Wildman–Crippen MR) is 477 cm³/mol. The Morgan fingerprint density at radius 3 is 1.20 bits per heavy atom. The SMILES string of the molecule is C=C1CC2CCC(=O)/C=C/[C@H](O[Si](C)(C)C(C)(C)C)[C@@H]3O[C@H]4CCC(CC(=O)C[C@@H]5[C@@H](C)[C@@H](C[C@H](C)CC)O[C@H]5C[C@H]5O[C@@H](CC[C@@H]1O2)C[C@@H](C)C5=C)O[C@@H]4[C@H](C)[C@@H]3C.C=C1CC2CCC(O)/C=C/[C@H](O[Si](C)(C)C(C)(C)C)[C@@H]3O[C@H]4CCC(CC(=O)C[C@@H]5[C@@H](C)[C@@H](C[C@H](C)CC)O[C@H]5C[C@H]5O[C@@H](CC[C@@H]1O2)C[C@@H](C)C5=C)O[C@@H]4[C@H](C)[C@@H]3C. The zero-order valence-corrected chi connectivity index (χ0v) is 79.8. The van der Waals surface area contributed by atoms with Crippen molar-refractivity contribution in [2.75, 3.05) is 0 Å². The predicted octanol–water partition coefficient (Wildman–Crippen LogP) is 21.6. The second-order valence-corrected chi connectivity index (χ2v) is 53.0. The molecule has 0 amide bonds. The fourth-order valence-electron chi connectivity index (χ4n) is 21.6. The number of ketones is 3. The molecule has 0 aliphatic carbocycles. The lowest BCUT2D eigenvalue weighted by Gasteiger charge is -2.51. The summed E-state index contributed by atoms with van der Waals surface area (Å²) < 4.78 is 82.9. The fourth-order valence-corrected chi connectivity index (χ4v) is 24.1. The van der Waals surface area contributed by atoms with Crippen molar-refractivity contribution in [2.24, 2.45) is 71.0 Å². The topological polar surface area (TPSA) is 182 Å². The molecule has 670 valence electrons. The maximum Gasteiger partial charge on any atom is 0.193 e. The van der Waals surface area contributed by atoms with Crippen LogP contribution in [0.1, 0.15) is 292 Å². The van der Waals surface area contributed by atoms with Crippen LogP contribution in [-0.2, 0) is 70.6 Å². The van der Waals surface area contributed by atoms with Gasteiger partial charge in [-0.3, -0.25) is 14.4 Å². The van der Waals surface area contributed by atoms with Gasteiger partial charge in [0, 0.05) is 44.9 Å². The van der Waals surface area contributed by atoms with Crippen LogP contribution in [0.2, 0.25) is 36.3 Å². The second kappa shape index (κ2) is 41.0. The number of fused-ring (bicyclic) bond motifs is 4. The number of allylic oxidation sites excluding steroid dienone is 1. The number of carbonyl (C=O) groups excluding carboxylic acids is 3. The summed E-state index contributed by atoms with van der Waals surface area (Å²) in [6, 6.07) is 0. The summed E-state index contributed by atoms with van der Waals surface area (Å²) in [5.41, 5.74) is 4.56. The van der Waals surface area contributed by atoms with E-state index >= 15 is 0 Å². The van der Waals surface area contributed by atoms with E-state index in [2.05, 4.69) is 183 Å². The summed E-state index contributed by atoms with van der Waals surface area (Å²) in [6.07, 6.45) is 26.0. The average molecular weight is 1680 g/mol. The number of aliphatic hydroxyl groups is 1. The van der Waals surface area contributed by atoms with E-state index in [1.807, 2.05) is 12.2 Å². The lowest BCUT2D eigenvalue weighted by atomic mass is 9.76. The first-order valence-electron chi connectivity index (χ1n) is 47.7. The van der Waals surface area contributed by atoms with Crippen LogP contribution in [0.15, 0.2) is 72.9 Å². The van der Waals surface area contributed by atoms with Crippen LogP contribution in [0.5, 0.6) is 0 Å². The van der Waals surface area contributed by atoms with Gasteiger partial charge in [-0.15, -0.1) is 0 Å². The molecule has 10 saturated heterocycles. The largest absolute Gasteiger partial charge is 0.408 e. The zero-order chi connectivity index (χ0) is 85.9. The molecule has 0 aromatic heterocycles. The van der Waals surface area contributed by atoms with Crippen LogP contribution in [0.25, 0.3) is 0 Å². The van der Waals surface area contributed by atoms with E-state index < -0.39 is 22.7 Å². The van der Waals surface area contributed by atoms with Gasteiger partial charge in [0.1, 0.15) is 11.6 Å². The summed E-state index contributed by atoms with van der Waals surface area (Å²) in [4.78, 5) is 41.9. The Hall–Kier alpha value is -2.64. The van der Waals surface area contributed by atoms with E-state index in [0.717, 1.165) is 144 Å². The van der Waals surface area contributed by atoms with Gasteiger partial charge in [0.05, 0.1) is 140 Å². The molecule has 35 atom stereocenters. The van der Waals surface area contributed by atoms with Gasteiger partial charge in [0.2, 0.25) is 0 Å². The van der Waals surface area contributed by atoms with Crippen LogP contribution in [0.4, 0.5) is 0 Å². The van der Waals surface area contributed by atoms with Crippen molar-refractivity contribution < 1.29 is 75.7 Å². The minimum Gasteiger partial charge on any atom is -0.408 e. The summed E-state index contributed by atoms with van der Waals surface area (Å²) in [6.45, 7) is 68.0. The number of rotatable bonds is 10. The molecular formula is C100H166O16Si2. The highest BCUT2D eigenvalue weighted by Crippen LogP contribution is 2.51. The molecular weight excluding hydrogens is 1510 g/mol. The van der Waals surface area contributed by atoms with E-state index in [1.165, 1.54) is 0 Å². The molecule has 16 bridgehead atoms. The molecule has 0 saturated carbocycles. The van der Waals surface area contributed by atoms with Gasteiger partial charge in [-0.1, -0.05) is 182 Å². The minimum absolute atomic E-state index is 0.00174. The molecule has 10 fully saturated rings.